The van der Waals surface area contributed by atoms with Crippen LogP contribution in [0, 0.1) is 4.77 Å². The number of H-pyrrole nitrogens is 1. The minimum Gasteiger partial charge on any atom is -0.312 e. The van der Waals surface area contributed by atoms with Gasteiger partial charge in [-0.05, 0) is 29.9 Å². The number of halogens is 2. The fourth-order valence-electron chi connectivity index (χ4n) is 2.63. The van der Waals surface area contributed by atoms with E-state index in [1.165, 1.54) is 0 Å². The minimum absolute atomic E-state index is 0.133. The zero-order valence-electron chi connectivity index (χ0n) is 11.4. The van der Waals surface area contributed by atoms with Gasteiger partial charge in [0.2, 0.25) is 5.91 Å². The van der Waals surface area contributed by atoms with E-state index in [4.69, 9.17) is 35.4 Å². The van der Waals surface area contributed by atoms with E-state index in [9.17, 15) is 9.59 Å². The summed E-state index contributed by atoms with van der Waals surface area (Å²) < 4.78 is 1.81. The van der Waals surface area contributed by atoms with Crippen LogP contribution in [0.5, 0.6) is 0 Å². The molecule has 0 spiro atoms. The number of carbonyl (C=O) groups excluding carboxylic acids is 1. The quantitative estimate of drug-likeness (QED) is 0.771. The van der Waals surface area contributed by atoms with Crippen LogP contribution in [0.25, 0.3) is 0 Å². The van der Waals surface area contributed by atoms with Crippen molar-refractivity contribution in [1.82, 2.24) is 9.55 Å². The lowest BCUT2D eigenvalue weighted by molar-refractivity contribution is -0.116. The molecule has 1 aromatic heterocycles. The molecule has 0 saturated carbocycles. The van der Waals surface area contributed by atoms with E-state index in [0.29, 0.717) is 27.0 Å². The summed E-state index contributed by atoms with van der Waals surface area (Å²) in [5.41, 5.74) is 0.804. The molecule has 8 heteroatoms. The molecule has 2 N–H and O–H groups in total. The van der Waals surface area contributed by atoms with Crippen molar-refractivity contribution >= 4 is 47.1 Å². The normalized spacial score (nSPS) is 17.0. The maximum absolute atomic E-state index is 12.3. The summed E-state index contributed by atoms with van der Waals surface area (Å²) in [7, 11) is 1.68. The van der Waals surface area contributed by atoms with Crippen LogP contribution < -0.4 is 10.9 Å². The van der Waals surface area contributed by atoms with E-state index >= 15 is 0 Å². The molecule has 2 heterocycles. The number of hydrogen-bond acceptors (Lipinski definition) is 3. The SMILES string of the molecule is Cn1c2c(c(=O)[nH]c1=S)C(c1ccc(Cl)cc1Cl)CC(=O)N2. The summed E-state index contributed by atoms with van der Waals surface area (Å²) in [6, 6.07) is 5.02. The summed E-state index contributed by atoms with van der Waals surface area (Å²) in [6.07, 6.45) is 0.133. The molecule has 1 aliphatic rings. The molecule has 114 valence electrons. The molecule has 1 amide bonds. The number of anilines is 1. The Hall–Kier alpha value is -1.63. The lowest BCUT2D eigenvalue weighted by atomic mass is 9.86. The maximum atomic E-state index is 12.3. The number of fused-ring (bicyclic) bond motifs is 1. The van der Waals surface area contributed by atoms with Gasteiger partial charge in [-0.1, -0.05) is 29.3 Å². The molecule has 1 aliphatic heterocycles. The van der Waals surface area contributed by atoms with Crippen LogP contribution >= 0.6 is 35.4 Å². The van der Waals surface area contributed by atoms with Gasteiger partial charge < -0.3 is 9.88 Å². The standard InChI is InChI=1S/C14H11Cl2N3O2S/c1-19-12-11(13(21)18-14(19)22)8(5-10(20)17-12)7-3-2-6(15)4-9(7)16/h2-4,8H,5H2,1H3,(H,17,20)(H,18,21,22). The summed E-state index contributed by atoms with van der Waals surface area (Å²) in [5, 5.41) is 3.62. The van der Waals surface area contributed by atoms with Crippen molar-refractivity contribution < 1.29 is 4.79 Å². The Balaban J connectivity index is 2.29. The van der Waals surface area contributed by atoms with Gasteiger partial charge in [0.25, 0.3) is 5.56 Å². The lowest BCUT2D eigenvalue weighted by Crippen LogP contribution is -2.33. The van der Waals surface area contributed by atoms with Crippen molar-refractivity contribution in [3.05, 3.63) is 54.5 Å². The Morgan fingerprint density at radius 2 is 2.05 bits per heavy atom. The molecule has 1 unspecified atom stereocenters. The first-order valence-corrected chi connectivity index (χ1v) is 7.63. The third-order valence-electron chi connectivity index (χ3n) is 3.69. The van der Waals surface area contributed by atoms with Crippen molar-refractivity contribution in [3.8, 4) is 0 Å². The first-order chi connectivity index (χ1) is 10.4. The van der Waals surface area contributed by atoms with E-state index < -0.39 is 5.92 Å². The number of nitrogens with zero attached hydrogens (tertiary/aromatic N) is 1. The fraction of sp³-hybridized carbons (Fsp3) is 0.214. The molecule has 1 aromatic carbocycles. The molecule has 5 nitrogen and oxygen atoms in total. The molecular formula is C14H11Cl2N3O2S. The molecule has 0 saturated heterocycles. The third kappa shape index (κ3) is 2.47. The van der Waals surface area contributed by atoms with Gasteiger partial charge >= 0.3 is 0 Å². The van der Waals surface area contributed by atoms with Crippen LogP contribution in [-0.2, 0) is 11.8 Å². The average molecular weight is 356 g/mol. The van der Waals surface area contributed by atoms with Crippen molar-refractivity contribution in [2.45, 2.75) is 12.3 Å². The number of rotatable bonds is 1. The molecule has 2 aromatic rings. The number of nitrogens with one attached hydrogen (secondary N) is 2. The highest BCUT2D eigenvalue weighted by molar-refractivity contribution is 7.71. The van der Waals surface area contributed by atoms with Crippen molar-refractivity contribution in [2.24, 2.45) is 7.05 Å². The number of amides is 1. The zero-order chi connectivity index (χ0) is 16.0. The molecule has 3 rings (SSSR count). The second kappa shape index (κ2) is 5.53. The van der Waals surface area contributed by atoms with Gasteiger partial charge in [-0.15, -0.1) is 0 Å². The summed E-state index contributed by atoms with van der Waals surface area (Å²) in [5.74, 6) is -0.237. The number of hydrogen-bond donors (Lipinski definition) is 2. The van der Waals surface area contributed by atoms with Crippen LogP contribution in [0.3, 0.4) is 0 Å². The molecule has 22 heavy (non-hydrogen) atoms. The highest BCUT2D eigenvalue weighted by Crippen LogP contribution is 2.38. The maximum Gasteiger partial charge on any atom is 0.257 e. The molecule has 1 atom stereocenters. The van der Waals surface area contributed by atoms with Crippen LogP contribution in [-0.4, -0.2) is 15.5 Å². The highest BCUT2D eigenvalue weighted by atomic mass is 35.5. The van der Waals surface area contributed by atoms with Gasteiger partial charge in [-0.2, -0.15) is 0 Å². The Labute approximate surface area is 140 Å². The number of aromatic nitrogens is 2. The number of aromatic amines is 1. The summed E-state index contributed by atoms with van der Waals surface area (Å²) in [4.78, 5) is 27.0. The Bertz CT molecular complexity index is 904. The van der Waals surface area contributed by atoms with Gasteiger partial charge in [0.1, 0.15) is 5.82 Å². The first-order valence-electron chi connectivity index (χ1n) is 6.46. The monoisotopic (exact) mass is 355 g/mol. The molecule has 0 aliphatic carbocycles. The highest BCUT2D eigenvalue weighted by Gasteiger charge is 2.32. The van der Waals surface area contributed by atoms with Crippen LogP contribution in [0.15, 0.2) is 23.0 Å². The van der Waals surface area contributed by atoms with E-state index in [-0.39, 0.29) is 22.7 Å². The van der Waals surface area contributed by atoms with Gasteiger partial charge in [0.15, 0.2) is 4.77 Å². The van der Waals surface area contributed by atoms with E-state index in [2.05, 4.69) is 10.3 Å². The Morgan fingerprint density at radius 1 is 1.32 bits per heavy atom. The second-order valence-electron chi connectivity index (χ2n) is 5.05. The Morgan fingerprint density at radius 3 is 2.73 bits per heavy atom. The number of benzene rings is 1. The molecule has 0 radical (unpaired) electrons. The second-order valence-corrected chi connectivity index (χ2v) is 6.28. The lowest BCUT2D eigenvalue weighted by Gasteiger charge is -2.27. The molecule has 0 bridgehead atoms. The van der Waals surface area contributed by atoms with Crippen molar-refractivity contribution in [1.29, 1.82) is 0 Å². The topological polar surface area (TPSA) is 66.9 Å². The van der Waals surface area contributed by atoms with Crippen LogP contribution in [0.2, 0.25) is 10.0 Å². The smallest absolute Gasteiger partial charge is 0.257 e. The summed E-state index contributed by atoms with van der Waals surface area (Å²) >= 11 is 17.2. The largest absolute Gasteiger partial charge is 0.312 e. The van der Waals surface area contributed by atoms with Crippen LogP contribution in [0.4, 0.5) is 5.82 Å². The fourth-order valence-corrected chi connectivity index (χ4v) is 3.36. The zero-order valence-corrected chi connectivity index (χ0v) is 13.8. The Kier molecular flexibility index (Phi) is 3.84. The van der Waals surface area contributed by atoms with Gasteiger partial charge in [0, 0.05) is 29.4 Å². The first kappa shape index (κ1) is 15.3. The van der Waals surface area contributed by atoms with E-state index in [1.807, 2.05) is 0 Å². The summed E-state index contributed by atoms with van der Waals surface area (Å²) in [6.45, 7) is 0. The van der Waals surface area contributed by atoms with Gasteiger partial charge in [0.05, 0.1) is 5.56 Å². The average Bonchev–Trinajstić information content (AvgIpc) is 2.44. The third-order valence-corrected chi connectivity index (χ3v) is 4.63. The van der Waals surface area contributed by atoms with Gasteiger partial charge in [-0.25, -0.2) is 0 Å². The molecule has 0 fully saturated rings. The van der Waals surface area contributed by atoms with Crippen molar-refractivity contribution in [2.75, 3.05) is 5.32 Å². The van der Waals surface area contributed by atoms with Crippen molar-refractivity contribution in [3.63, 3.8) is 0 Å². The van der Waals surface area contributed by atoms with E-state index in [1.54, 1.807) is 29.8 Å². The minimum atomic E-state index is -0.445. The van der Waals surface area contributed by atoms with Gasteiger partial charge in [-0.3, -0.25) is 14.6 Å². The predicted molar refractivity (Wildman–Crippen MR) is 88.4 cm³/mol. The van der Waals surface area contributed by atoms with E-state index in [0.717, 1.165) is 0 Å². The van der Waals surface area contributed by atoms with Crippen LogP contribution in [0.1, 0.15) is 23.5 Å². The molecular weight excluding hydrogens is 345 g/mol. The predicted octanol–water partition coefficient (Wildman–Crippen LogP) is 3.22. The number of carbonyl (C=O) groups is 1.